The maximum Gasteiger partial charge on any atom is 0.241 e. The highest BCUT2D eigenvalue weighted by atomic mass is 16.5. The van der Waals surface area contributed by atoms with E-state index in [0.717, 1.165) is 18.4 Å². The molecule has 1 saturated heterocycles. The van der Waals surface area contributed by atoms with E-state index < -0.39 is 5.41 Å². The normalized spacial score (nSPS) is 20.8. The van der Waals surface area contributed by atoms with Gasteiger partial charge in [0.2, 0.25) is 17.7 Å². The minimum absolute atomic E-state index is 0.0191. The molecule has 7 nitrogen and oxygen atoms in total. The number of nitrogens with zero attached hydrogens (tertiary/aromatic N) is 3. The van der Waals surface area contributed by atoms with E-state index in [9.17, 15) is 14.4 Å². The minimum atomic E-state index is -1.17. The molecular weight excluding hydrogens is 394 g/mol. The van der Waals surface area contributed by atoms with Crippen molar-refractivity contribution in [1.82, 2.24) is 14.8 Å². The van der Waals surface area contributed by atoms with E-state index in [1.807, 2.05) is 19.1 Å². The number of benzene rings is 1. The SMILES string of the molecule is CCN(Cc1ccncc1)C(=O)CC1(c2ccc(OC)cc2)CC(=O)N(C2CC2)C1=O. The second kappa shape index (κ2) is 8.49. The average Bonchev–Trinajstić information content (AvgIpc) is 3.59. The van der Waals surface area contributed by atoms with Crippen LogP contribution in [0.4, 0.5) is 0 Å². The molecule has 2 aliphatic rings. The summed E-state index contributed by atoms with van der Waals surface area (Å²) in [4.78, 5) is 46.9. The van der Waals surface area contributed by atoms with Crippen LogP contribution in [0.2, 0.25) is 0 Å². The van der Waals surface area contributed by atoms with E-state index in [1.54, 1.807) is 48.7 Å². The second-order valence-electron chi connectivity index (χ2n) is 8.23. The molecule has 0 N–H and O–H groups in total. The Kier molecular flexibility index (Phi) is 5.76. The van der Waals surface area contributed by atoms with Gasteiger partial charge >= 0.3 is 0 Å². The van der Waals surface area contributed by atoms with Crippen molar-refractivity contribution in [3.63, 3.8) is 0 Å². The lowest BCUT2D eigenvalue weighted by Gasteiger charge is -2.30. The van der Waals surface area contributed by atoms with Crippen molar-refractivity contribution in [2.45, 2.75) is 50.6 Å². The Bertz CT molecular complexity index is 972. The average molecular weight is 421 g/mol. The van der Waals surface area contributed by atoms with Crippen molar-refractivity contribution in [3.05, 3.63) is 59.9 Å². The third-order valence-corrected chi connectivity index (χ3v) is 6.21. The quantitative estimate of drug-likeness (QED) is 0.613. The molecule has 3 amide bonds. The summed E-state index contributed by atoms with van der Waals surface area (Å²) in [6.45, 7) is 2.86. The summed E-state index contributed by atoms with van der Waals surface area (Å²) in [5.74, 6) is 0.0784. The highest BCUT2D eigenvalue weighted by Gasteiger charge is 2.57. The molecule has 4 rings (SSSR count). The number of likely N-dealkylation sites (tertiary alicyclic amines) is 1. The van der Waals surface area contributed by atoms with E-state index in [1.165, 1.54) is 4.90 Å². The predicted octanol–water partition coefficient (Wildman–Crippen LogP) is 2.69. The van der Waals surface area contributed by atoms with Crippen LogP contribution in [0.5, 0.6) is 5.75 Å². The summed E-state index contributed by atoms with van der Waals surface area (Å²) in [5.41, 5.74) is 0.481. The number of hydrogen-bond donors (Lipinski definition) is 0. The molecule has 1 unspecified atom stereocenters. The topological polar surface area (TPSA) is 79.8 Å². The Labute approximate surface area is 182 Å². The molecule has 1 aromatic carbocycles. The van der Waals surface area contributed by atoms with Gasteiger partial charge in [-0.15, -0.1) is 0 Å². The van der Waals surface area contributed by atoms with E-state index in [0.29, 0.717) is 24.4 Å². The summed E-state index contributed by atoms with van der Waals surface area (Å²) < 4.78 is 5.24. The van der Waals surface area contributed by atoms with Crippen molar-refractivity contribution in [2.75, 3.05) is 13.7 Å². The van der Waals surface area contributed by atoms with Crippen LogP contribution in [0.3, 0.4) is 0 Å². The van der Waals surface area contributed by atoms with Crippen molar-refractivity contribution in [3.8, 4) is 5.75 Å². The van der Waals surface area contributed by atoms with Crippen LogP contribution in [0.25, 0.3) is 0 Å². The standard InChI is InChI=1S/C24H27N3O4/c1-3-26(16-17-10-12-25-13-11-17)21(28)14-24(18-4-8-20(31-2)9-5-18)15-22(29)27(23(24)30)19-6-7-19/h4-5,8-13,19H,3,6-7,14-16H2,1-2H3. The first kappa shape index (κ1) is 21.0. The molecular formula is C24H27N3O4. The van der Waals surface area contributed by atoms with Gasteiger partial charge in [-0.1, -0.05) is 12.1 Å². The fourth-order valence-corrected chi connectivity index (χ4v) is 4.30. The van der Waals surface area contributed by atoms with Gasteiger partial charge in [-0.25, -0.2) is 0 Å². The van der Waals surface area contributed by atoms with Crippen molar-refractivity contribution < 1.29 is 19.1 Å². The van der Waals surface area contributed by atoms with Crippen LogP contribution < -0.4 is 4.74 Å². The summed E-state index contributed by atoms with van der Waals surface area (Å²) >= 11 is 0. The maximum absolute atomic E-state index is 13.6. The monoisotopic (exact) mass is 421 g/mol. The molecule has 1 aliphatic carbocycles. The van der Waals surface area contributed by atoms with Crippen LogP contribution in [0.1, 0.15) is 43.7 Å². The Morgan fingerprint density at radius 2 is 1.84 bits per heavy atom. The minimum Gasteiger partial charge on any atom is -0.497 e. The first-order valence-electron chi connectivity index (χ1n) is 10.7. The Hall–Kier alpha value is -3.22. The summed E-state index contributed by atoms with van der Waals surface area (Å²) in [6, 6.07) is 10.9. The predicted molar refractivity (Wildman–Crippen MR) is 114 cm³/mol. The van der Waals surface area contributed by atoms with Gasteiger partial charge in [-0.2, -0.15) is 0 Å². The zero-order valence-electron chi connectivity index (χ0n) is 17.9. The molecule has 2 aromatic rings. The molecule has 162 valence electrons. The summed E-state index contributed by atoms with van der Waals surface area (Å²) in [6.07, 6.45) is 5.05. The lowest BCUT2D eigenvalue weighted by molar-refractivity contribution is -0.143. The number of aromatic nitrogens is 1. The van der Waals surface area contributed by atoms with Crippen molar-refractivity contribution in [1.29, 1.82) is 0 Å². The number of imide groups is 1. The van der Waals surface area contributed by atoms with Crippen LogP contribution >= 0.6 is 0 Å². The number of carbonyl (C=O) groups excluding carboxylic acids is 3. The number of amides is 3. The maximum atomic E-state index is 13.6. The van der Waals surface area contributed by atoms with Crippen LogP contribution in [0.15, 0.2) is 48.8 Å². The molecule has 1 saturated carbocycles. The van der Waals surface area contributed by atoms with E-state index >= 15 is 0 Å². The highest BCUT2D eigenvalue weighted by molar-refractivity contribution is 6.11. The second-order valence-corrected chi connectivity index (χ2v) is 8.23. The molecule has 7 heteroatoms. The Morgan fingerprint density at radius 1 is 1.16 bits per heavy atom. The van der Waals surface area contributed by atoms with Gasteiger partial charge in [0.15, 0.2) is 0 Å². The van der Waals surface area contributed by atoms with Crippen molar-refractivity contribution >= 4 is 17.7 Å². The fourth-order valence-electron chi connectivity index (χ4n) is 4.30. The number of pyridine rings is 1. The first-order chi connectivity index (χ1) is 15.0. The van der Waals surface area contributed by atoms with Gasteiger partial charge in [0.05, 0.1) is 12.5 Å². The summed E-state index contributed by atoms with van der Waals surface area (Å²) in [5, 5.41) is 0. The Balaban J connectivity index is 1.65. The van der Waals surface area contributed by atoms with Crippen LogP contribution in [0, 0.1) is 0 Å². The molecule has 1 atom stereocenters. The molecule has 2 fully saturated rings. The molecule has 2 heterocycles. The molecule has 0 spiro atoms. The third-order valence-electron chi connectivity index (χ3n) is 6.21. The van der Waals surface area contributed by atoms with Crippen LogP contribution in [-0.2, 0) is 26.3 Å². The largest absolute Gasteiger partial charge is 0.497 e. The van der Waals surface area contributed by atoms with E-state index in [-0.39, 0.29) is 36.6 Å². The van der Waals surface area contributed by atoms with E-state index in [4.69, 9.17) is 4.74 Å². The first-order valence-corrected chi connectivity index (χ1v) is 10.7. The van der Waals surface area contributed by atoms with Gasteiger partial charge < -0.3 is 9.64 Å². The van der Waals surface area contributed by atoms with Gasteiger partial charge in [-0.05, 0) is 55.2 Å². The van der Waals surface area contributed by atoms with E-state index in [2.05, 4.69) is 4.98 Å². The number of methoxy groups -OCH3 is 1. The van der Waals surface area contributed by atoms with Gasteiger partial charge in [0.1, 0.15) is 5.75 Å². The lowest BCUT2D eigenvalue weighted by atomic mass is 9.75. The number of carbonyl (C=O) groups is 3. The highest BCUT2D eigenvalue weighted by Crippen LogP contribution is 2.44. The number of rotatable bonds is 8. The number of ether oxygens (including phenoxy) is 1. The van der Waals surface area contributed by atoms with Crippen LogP contribution in [-0.4, -0.2) is 52.2 Å². The fraction of sp³-hybridized carbons (Fsp3) is 0.417. The smallest absolute Gasteiger partial charge is 0.241 e. The molecule has 1 aromatic heterocycles. The van der Waals surface area contributed by atoms with Crippen molar-refractivity contribution in [2.24, 2.45) is 0 Å². The summed E-state index contributed by atoms with van der Waals surface area (Å²) in [7, 11) is 1.58. The molecule has 0 bridgehead atoms. The molecule has 1 aliphatic heterocycles. The van der Waals surface area contributed by atoms with Gasteiger partial charge in [-0.3, -0.25) is 24.3 Å². The zero-order chi connectivity index (χ0) is 22.0. The van der Waals surface area contributed by atoms with Gasteiger partial charge in [0.25, 0.3) is 0 Å². The molecule has 0 radical (unpaired) electrons. The van der Waals surface area contributed by atoms with Gasteiger partial charge in [0, 0.05) is 44.4 Å². The lowest BCUT2D eigenvalue weighted by Crippen LogP contribution is -2.44. The Morgan fingerprint density at radius 3 is 2.42 bits per heavy atom. The molecule has 31 heavy (non-hydrogen) atoms. The third kappa shape index (κ3) is 4.04. The zero-order valence-corrected chi connectivity index (χ0v) is 17.9. The number of hydrogen-bond acceptors (Lipinski definition) is 5.